The van der Waals surface area contributed by atoms with Crippen molar-refractivity contribution in [1.82, 2.24) is 20.0 Å². The number of aromatic nitrogens is 3. The maximum Gasteiger partial charge on any atom is 0.411 e. The Morgan fingerprint density at radius 3 is 2.45 bits per heavy atom. The largest absolute Gasteiger partial charge is 0.494 e. The molecule has 0 saturated carbocycles. The minimum absolute atomic E-state index is 0.0575. The number of hydrogen-bond acceptors (Lipinski definition) is 11. The van der Waals surface area contributed by atoms with Crippen molar-refractivity contribution in [2.75, 3.05) is 30.9 Å². The predicted octanol–water partition coefficient (Wildman–Crippen LogP) is 5.86. The average Bonchev–Trinajstić information content (AvgIpc) is 3.05. The number of carbonyl (C=O) groups excluding carboxylic acids is 1. The summed E-state index contributed by atoms with van der Waals surface area (Å²) in [7, 11) is 1.68. The zero-order valence-corrected chi connectivity index (χ0v) is 25.5. The van der Waals surface area contributed by atoms with E-state index in [0.29, 0.717) is 35.6 Å². The number of anilines is 2. The summed E-state index contributed by atoms with van der Waals surface area (Å²) in [5.74, 6) is 1.05. The molecule has 2 aromatic heterocycles. The second kappa shape index (κ2) is 18.4. The van der Waals surface area contributed by atoms with Crippen LogP contribution in [0.4, 0.5) is 16.3 Å². The first kappa shape index (κ1) is 35.0. The van der Waals surface area contributed by atoms with Crippen molar-refractivity contribution in [2.24, 2.45) is 11.7 Å². The molecule has 0 bridgehead atoms. The van der Waals surface area contributed by atoms with Gasteiger partial charge >= 0.3 is 6.09 Å². The monoisotopic (exact) mass is 620 g/mol. The second-order valence-electron chi connectivity index (χ2n) is 9.14. The molecule has 3 heterocycles. The van der Waals surface area contributed by atoms with Crippen molar-refractivity contribution in [3.63, 3.8) is 0 Å². The third-order valence-electron chi connectivity index (χ3n) is 6.24. The first-order valence-electron chi connectivity index (χ1n) is 13.7. The lowest BCUT2D eigenvalue weighted by molar-refractivity contribution is 0.101. The van der Waals surface area contributed by atoms with Gasteiger partial charge in [-0.3, -0.25) is 15.8 Å². The van der Waals surface area contributed by atoms with Crippen molar-refractivity contribution < 1.29 is 19.0 Å². The molecule has 5 N–H and O–H groups in total. The molecule has 1 amide bonds. The Kier molecular flexibility index (Phi) is 14.6. The number of hydrazine groups is 1. The molecule has 1 aliphatic heterocycles. The standard InChI is InChI=1S/C21H25ClN8O4.C6H8.2C2H2/c1-11-4-3-5-13-16(11)32-9-8-30(13)29-18-15(25-2)20(33-14-7-6-12(22)10-26-14)28-19(27-18)17(23)34-21(24)31;1-2-4-6-5-3-1;2*1-2/h6-7,10-11,23,25H,3-5,8-9H2,1-2H3,(H2,24,31)(H,27,28,29);1-4H,5-6H2;2*1-2H/t11-;;;/m0.../s1. The number of ether oxygens (including phenoxy) is 3. The number of allylic oxidation sites excluding steroid dienone is 6. The molecular formula is C31H37ClN8O4. The zero-order valence-electron chi connectivity index (χ0n) is 24.8. The fourth-order valence-electron chi connectivity index (χ4n) is 4.37. The number of amides is 1. The van der Waals surface area contributed by atoms with Crippen molar-refractivity contribution >= 4 is 35.1 Å². The Morgan fingerprint density at radius 2 is 1.89 bits per heavy atom. The van der Waals surface area contributed by atoms with Gasteiger partial charge in [-0.05, 0) is 38.2 Å². The maximum absolute atomic E-state index is 11.2. The molecule has 13 heteroatoms. The van der Waals surface area contributed by atoms with Gasteiger partial charge < -0.3 is 25.3 Å². The summed E-state index contributed by atoms with van der Waals surface area (Å²) in [6.07, 6.45) is 30.3. The Balaban J connectivity index is 0.000000586. The molecule has 0 fully saturated rings. The fourth-order valence-corrected chi connectivity index (χ4v) is 4.48. The number of terminal acetylenes is 2. The maximum atomic E-state index is 11.2. The average molecular weight is 621 g/mol. The van der Waals surface area contributed by atoms with Crippen LogP contribution < -0.4 is 21.2 Å². The second-order valence-corrected chi connectivity index (χ2v) is 9.58. The summed E-state index contributed by atoms with van der Waals surface area (Å²) in [6.45, 7) is 3.24. The summed E-state index contributed by atoms with van der Waals surface area (Å²) in [5.41, 5.74) is 9.83. The van der Waals surface area contributed by atoms with Crippen LogP contribution in [0.1, 0.15) is 44.9 Å². The summed E-state index contributed by atoms with van der Waals surface area (Å²) in [6, 6.07) is 3.19. The predicted molar refractivity (Wildman–Crippen MR) is 172 cm³/mol. The molecule has 232 valence electrons. The normalized spacial score (nSPS) is 16.1. The van der Waals surface area contributed by atoms with Gasteiger partial charge in [0.2, 0.25) is 11.7 Å². The van der Waals surface area contributed by atoms with Gasteiger partial charge in [0.1, 0.15) is 18.1 Å². The van der Waals surface area contributed by atoms with Crippen LogP contribution in [0.2, 0.25) is 5.02 Å². The third-order valence-corrected chi connectivity index (χ3v) is 6.46. The van der Waals surface area contributed by atoms with E-state index in [9.17, 15) is 4.79 Å². The molecule has 0 spiro atoms. The van der Waals surface area contributed by atoms with E-state index in [1.165, 1.54) is 19.0 Å². The van der Waals surface area contributed by atoms with Crippen LogP contribution in [-0.4, -0.2) is 52.2 Å². The van der Waals surface area contributed by atoms with Gasteiger partial charge in [-0.15, -0.1) is 25.7 Å². The van der Waals surface area contributed by atoms with Gasteiger partial charge in [0.15, 0.2) is 5.82 Å². The number of primary amides is 1. The molecule has 2 aromatic rings. The lowest BCUT2D eigenvalue weighted by atomic mass is 9.92. The molecule has 0 radical (unpaired) electrons. The van der Waals surface area contributed by atoms with Gasteiger partial charge in [0, 0.05) is 25.2 Å². The van der Waals surface area contributed by atoms with Crippen molar-refractivity contribution in [3.05, 3.63) is 64.9 Å². The van der Waals surface area contributed by atoms with Crippen LogP contribution in [0.3, 0.4) is 0 Å². The number of nitrogens with two attached hydrogens (primary N) is 1. The van der Waals surface area contributed by atoms with E-state index in [2.05, 4.69) is 82.6 Å². The first-order chi connectivity index (χ1) is 21.4. The Labute approximate surface area is 263 Å². The Bertz CT molecular complexity index is 1380. The molecule has 2 aliphatic carbocycles. The molecule has 3 aliphatic rings. The van der Waals surface area contributed by atoms with Crippen LogP contribution in [0.15, 0.2) is 54.1 Å². The number of hydrogen-bond donors (Lipinski definition) is 4. The molecular weight excluding hydrogens is 584 g/mol. The highest BCUT2D eigenvalue weighted by Crippen LogP contribution is 2.37. The zero-order chi connectivity index (χ0) is 32.5. The number of nitrogens with one attached hydrogen (secondary N) is 3. The summed E-state index contributed by atoms with van der Waals surface area (Å²) >= 11 is 5.91. The summed E-state index contributed by atoms with van der Waals surface area (Å²) < 4.78 is 16.5. The number of pyridine rings is 1. The highest BCUT2D eigenvalue weighted by molar-refractivity contribution is 6.30. The van der Waals surface area contributed by atoms with Gasteiger partial charge in [-0.2, -0.15) is 4.98 Å². The minimum Gasteiger partial charge on any atom is -0.494 e. The molecule has 44 heavy (non-hydrogen) atoms. The van der Waals surface area contributed by atoms with Gasteiger partial charge in [0.25, 0.3) is 11.8 Å². The van der Waals surface area contributed by atoms with Crippen molar-refractivity contribution in [3.8, 4) is 37.5 Å². The van der Waals surface area contributed by atoms with E-state index in [-0.39, 0.29) is 17.6 Å². The van der Waals surface area contributed by atoms with E-state index in [0.717, 1.165) is 30.7 Å². The van der Waals surface area contributed by atoms with E-state index in [1.54, 1.807) is 19.2 Å². The lowest BCUT2D eigenvalue weighted by Gasteiger charge is -2.38. The van der Waals surface area contributed by atoms with Crippen LogP contribution >= 0.6 is 11.6 Å². The van der Waals surface area contributed by atoms with Crippen LogP contribution in [0.5, 0.6) is 11.8 Å². The molecule has 0 aromatic carbocycles. The van der Waals surface area contributed by atoms with E-state index >= 15 is 0 Å². The quantitative estimate of drug-likeness (QED) is 0.175. The number of nitrogens with zero attached hydrogens (tertiary/aromatic N) is 4. The smallest absolute Gasteiger partial charge is 0.411 e. The Hall–Kier alpha value is -5.20. The molecule has 12 nitrogen and oxygen atoms in total. The number of carbonyl (C=O) groups is 1. The summed E-state index contributed by atoms with van der Waals surface area (Å²) in [4.78, 5) is 24.0. The van der Waals surface area contributed by atoms with Gasteiger partial charge in [-0.1, -0.05) is 42.8 Å². The highest BCUT2D eigenvalue weighted by Gasteiger charge is 2.30. The summed E-state index contributed by atoms with van der Waals surface area (Å²) in [5, 5.41) is 13.5. The first-order valence-corrected chi connectivity index (χ1v) is 14.1. The number of rotatable bonds is 6. The molecule has 1 atom stereocenters. The van der Waals surface area contributed by atoms with E-state index < -0.39 is 12.0 Å². The van der Waals surface area contributed by atoms with E-state index in [4.69, 9.17) is 37.0 Å². The van der Waals surface area contributed by atoms with Crippen LogP contribution in [-0.2, 0) is 9.47 Å². The van der Waals surface area contributed by atoms with Gasteiger partial charge in [-0.25, -0.2) is 14.8 Å². The highest BCUT2D eigenvalue weighted by atomic mass is 35.5. The van der Waals surface area contributed by atoms with Crippen molar-refractivity contribution in [1.29, 1.82) is 5.41 Å². The third kappa shape index (κ3) is 9.96. The van der Waals surface area contributed by atoms with Gasteiger partial charge in [0.05, 0.1) is 17.3 Å². The van der Waals surface area contributed by atoms with E-state index in [1.807, 2.05) is 5.01 Å². The lowest BCUT2D eigenvalue weighted by Crippen LogP contribution is -2.40. The topological polar surface area (TPSA) is 161 Å². The minimum atomic E-state index is -1.15. The molecule has 5 rings (SSSR count). The fraction of sp³-hybridized carbons (Fsp3) is 0.323. The number of halogens is 1. The molecule has 0 saturated heterocycles. The van der Waals surface area contributed by atoms with Crippen LogP contribution in [0, 0.1) is 37.0 Å². The van der Waals surface area contributed by atoms with Crippen LogP contribution in [0.25, 0.3) is 0 Å². The molecule has 0 unspecified atom stereocenters. The van der Waals surface area contributed by atoms with Crippen molar-refractivity contribution in [2.45, 2.75) is 39.0 Å². The SMILES string of the molecule is C#C.C#C.C1=CCCC=C1.CNc1c(NN2CCOC3=C2CCC[C@@H]3C)nc(C(=N)OC(N)=O)nc1Oc1ccc(Cl)cn1. The Morgan fingerprint density at radius 1 is 1.18 bits per heavy atom.